The van der Waals surface area contributed by atoms with Gasteiger partial charge in [-0.3, -0.25) is 4.98 Å². The summed E-state index contributed by atoms with van der Waals surface area (Å²) in [6, 6.07) is 18.4. The Hall–Kier alpha value is -3.16. The average molecular weight is 369 g/mol. The summed E-state index contributed by atoms with van der Waals surface area (Å²) in [5, 5.41) is 12.8. The van der Waals surface area contributed by atoms with Crippen LogP contribution in [0.4, 0.5) is 0 Å². The molecule has 0 fully saturated rings. The largest absolute Gasteiger partial charge is 0.487 e. The summed E-state index contributed by atoms with van der Waals surface area (Å²) in [4.78, 5) is 4.37. The van der Waals surface area contributed by atoms with E-state index in [1.807, 2.05) is 31.2 Å². The maximum absolute atomic E-state index is 9.36. The van der Waals surface area contributed by atoms with E-state index in [0.717, 1.165) is 54.1 Å². The zero-order valence-electron chi connectivity index (χ0n) is 16.0. The molecule has 4 heteroatoms. The molecular formula is C24H23N3O. The molecule has 0 unspecified atom stereocenters. The van der Waals surface area contributed by atoms with Gasteiger partial charge in [-0.15, -0.1) is 0 Å². The van der Waals surface area contributed by atoms with Gasteiger partial charge in [-0.05, 0) is 85.4 Å². The second kappa shape index (κ2) is 8.24. The predicted octanol–water partition coefficient (Wildman–Crippen LogP) is 4.20. The zero-order chi connectivity index (χ0) is 19.3. The summed E-state index contributed by atoms with van der Waals surface area (Å²) in [5.41, 5.74) is 7.49. The fraction of sp³-hybridized carbons (Fsp3) is 0.250. The Morgan fingerprint density at radius 3 is 2.71 bits per heavy atom. The number of nitrogens with one attached hydrogen (secondary N) is 1. The number of benzene rings is 2. The highest BCUT2D eigenvalue weighted by Gasteiger charge is 2.13. The number of fused-ring (bicyclic) bond motifs is 1. The molecule has 1 aliphatic rings. The minimum absolute atomic E-state index is 0.398. The molecule has 0 saturated carbocycles. The van der Waals surface area contributed by atoms with Crippen LogP contribution in [0.25, 0.3) is 11.1 Å². The van der Waals surface area contributed by atoms with Crippen molar-refractivity contribution in [2.24, 2.45) is 0 Å². The van der Waals surface area contributed by atoms with Crippen LogP contribution in [0.5, 0.6) is 5.75 Å². The summed E-state index contributed by atoms with van der Waals surface area (Å²) >= 11 is 0. The van der Waals surface area contributed by atoms with Gasteiger partial charge < -0.3 is 10.1 Å². The Labute approximate surface area is 165 Å². The first-order valence-electron chi connectivity index (χ1n) is 9.64. The molecule has 0 radical (unpaired) electrons. The molecule has 28 heavy (non-hydrogen) atoms. The first-order valence-corrected chi connectivity index (χ1v) is 9.64. The van der Waals surface area contributed by atoms with Crippen LogP contribution in [-0.2, 0) is 19.4 Å². The number of aromatic nitrogens is 1. The van der Waals surface area contributed by atoms with E-state index in [2.05, 4.69) is 34.6 Å². The topological polar surface area (TPSA) is 57.9 Å². The molecule has 0 bridgehead atoms. The van der Waals surface area contributed by atoms with Gasteiger partial charge >= 0.3 is 0 Å². The summed E-state index contributed by atoms with van der Waals surface area (Å²) in [6.45, 7) is 4.46. The molecule has 3 aromatic rings. The van der Waals surface area contributed by atoms with Crippen molar-refractivity contribution in [2.75, 3.05) is 13.1 Å². The Morgan fingerprint density at radius 1 is 1.04 bits per heavy atom. The van der Waals surface area contributed by atoms with Crippen LogP contribution in [0, 0.1) is 18.3 Å². The molecular weight excluding hydrogens is 346 g/mol. The Bertz CT molecular complexity index is 1040. The zero-order valence-corrected chi connectivity index (χ0v) is 16.0. The molecule has 0 saturated heterocycles. The van der Waals surface area contributed by atoms with E-state index in [4.69, 9.17) is 4.74 Å². The Balaban J connectivity index is 1.67. The van der Waals surface area contributed by atoms with E-state index in [9.17, 15) is 5.26 Å². The van der Waals surface area contributed by atoms with Crippen molar-refractivity contribution in [1.82, 2.24) is 10.3 Å². The molecule has 1 N–H and O–H groups in total. The summed E-state index contributed by atoms with van der Waals surface area (Å²) in [5.74, 6) is 0.772. The highest BCUT2D eigenvalue weighted by Crippen LogP contribution is 2.33. The first-order chi connectivity index (χ1) is 13.7. The molecule has 0 spiro atoms. The van der Waals surface area contributed by atoms with Crippen LogP contribution in [0.1, 0.15) is 27.9 Å². The second-order valence-electron chi connectivity index (χ2n) is 7.17. The normalized spacial score (nSPS) is 13.3. The van der Waals surface area contributed by atoms with E-state index in [-0.39, 0.29) is 0 Å². The van der Waals surface area contributed by atoms with Crippen molar-refractivity contribution in [3.63, 3.8) is 0 Å². The van der Waals surface area contributed by atoms with Crippen molar-refractivity contribution in [3.05, 3.63) is 82.7 Å². The smallest absolute Gasteiger partial charge is 0.130 e. The fourth-order valence-corrected chi connectivity index (χ4v) is 3.62. The van der Waals surface area contributed by atoms with Crippen molar-refractivity contribution in [3.8, 4) is 22.9 Å². The number of nitriles is 1. The van der Waals surface area contributed by atoms with Crippen molar-refractivity contribution < 1.29 is 4.74 Å². The van der Waals surface area contributed by atoms with E-state index in [1.165, 1.54) is 11.1 Å². The number of nitrogens with zero attached hydrogens (tertiary/aromatic N) is 2. The Kier molecular flexibility index (Phi) is 5.36. The van der Waals surface area contributed by atoms with Gasteiger partial charge in [-0.25, -0.2) is 0 Å². The monoisotopic (exact) mass is 369 g/mol. The number of hydrogen-bond donors (Lipinski definition) is 1. The lowest BCUT2D eigenvalue weighted by Crippen LogP contribution is -2.16. The van der Waals surface area contributed by atoms with E-state index in [0.29, 0.717) is 12.2 Å². The second-order valence-corrected chi connectivity index (χ2v) is 7.17. The average Bonchev–Trinajstić information content (AvgIpc) is 2.97. The van der Waals surface area contributed by atoms with Gasteiger partial charge in [0.05, 0.1) is 17.3 Å². The molecule has 4 rings (SSSR count). The van der Waals surface area contributed by atoms with Crippen molar-refractivity contribution in [2.45, 2.75) is 26.4 Å². The van der Waals surface area contributed by atoms with Crippen LogP contribution in [0.2, 0.25) is 0 Å². The molecule has 1 aromatic heterocycles. The molecule has 1 aliphatic heterocycles. The number of hydrogen-bond acceptors (Lipinski definition) is 4. The van der Waals surface area contributed by atoms with Crippen LogP contribution in [0.3, 0.4) is 0 Å². The predicted molar refractivity (Wildman–Crippen MR) is 110 cm³/mol. The highest BCUT2D eigenvalue weighted by molar-refractivity contribution is 5.73. The van der Waals surface area contributed by atoms with E-state index < -0.39 is 0 Å². The fourth-order valence-electron chi connectivity index (χ4n) is 3.62. The van der Waals surface area contributed by atoms with Gasteiger partial charge in [0.1, 0.15) is 12.4 Å². The highest BCUT2D eigenvalue weighted by atomic mass is 16.5. The van der Waals surface area contributed by atoms with Gasteiger partial charge in [0.2, 0.25) is 0 Å². The SMILES string of the molecule is Cc1ccnc(COc2ccc(C#N)cc2-c2ccc3c(c2)CCNCC3)c1. The van der Waals surface area contributed by atoms with Gasteiger partial charge in [0, 0.05) is 11.8 Å². The van der Waals surface area contributed by atoms with Crippen LogP contribution >= 0.6 is 0 Å². The molecule has 2 heterocycles. The van der Waals surface area contributed by atoms with Gasteiger partial charge in [0.25, 0.3) is 0 Å². The van der Waals surface area contributed by atoms with Crippen LogP contribution < -0.4 is 10.1 Å². The summed E-state index contributed by atoms with van der Waals surface area (Å²) in [7, 11) is 0. The summed E-state index contributed by atoms with van der Waals surface area (Å²) < 4.78 is 6.12. The van der Waals surface area contributed by atoms with Gasteiger partial charge in [-0.1, -0.05) is 18.2 Å². The standard InChI is InChI=1S/C24H23N3O/c1-17-6-11-27-22(12-17)16-28-24-5-2-18(15-25)13-23(24)21-4-3-19-7-9-26-10-8-20(19)14-21/h2-6,11-14,26H,7-10,16H2,1H3. The third-order valence-corrected chi connectivity index (χ3v) is 5.12. The lowest BCUT2D eigenvalue weighted by Gasteiger charge is -2.14. The van der Waals surface area contributed by atoms with E-state index >= 15 is 0 Å². The first kappa shape index (κ1) is 18.2. The Morgan fingerprint density at radius 2 is 1.89 bits per heavy atom. The van der Waals surface area contributed by atoms with E-state index in [1.54, 1.807) is 12.3 Å². The number of pyridine rings is 1. The maximum atomic E-state index is 9.36. The van der Waals surface area contributed by atoms with Crippen molar-refractivity contribution in [1.29, 1.82) is 5.26 Å². The maximum Gasteiger partial charge on any atom is 0.130 e. The van der Waals surface area contributed by atoms with Gasteiger partial charge in [-0.2, -0.15) is 5.26 Å². The number of aryl methyl sites for hydroxylation is 1. The van der Waals surface area contributed by atoms with Gasteiger partial charge in [0.15, 0.2) is 0 Å². The van der Waals surface area contributed by atoms with Crippen LogP contribution in [0.15, 0.2) is 54.7 Å². The lowest BCUT2D eigenvalue weighted by molar-refractivity contribution is 0.302. The van der Waals surface area contributed by atoms with Crippen molar-refractivity contribution >= 4 is 0 Å². The lowest BCUT2D eigenvalue weighted by atomic mass is 9.95. The quantitative estimate of drug-likeness (QED) is 0.749. The summed E-state index contributed by atoms with van der Waals surface area (Å²) in [6.07, 6.45) is 3.87. The minimum Gasteiger partial charge on any atom is -0.487 e. The number of rotatable bonds is 4. The molecule has 0 amide bonds. The molecule has 2 aromatic carbocycles. The minimum atomic E-state index is 0.398. The molecule has 4 nitrogen and oxygen atoms in total. The third-order valence-electron chi connectivity index (χ3n) is 5.12. The van der Waals surface area contributed by atoms with Crippen LogP contribution in [-0.4, -0.2) is 18.1 Å². The molecule has 140 valence electrons. The number of ether oxygens (including phenoxy) is 1. The molecule has 0 aliphatic carbocycles. The molecule has 0 atom stereocenters. The third kappa shape index (κ3) is 4.05.